The smallest absolute Gasteiger partial charge is 0.370 e. The van der Waals surface area contributed by atoms with Gasteiger partial charge in [-0.3, -0.25) is 25.2 Å². The van der Waals surface area contributed by atoms with Crippen LogP contribution in [-0.4, -0.2) is 43.7 Å². The van der Waals surface area contributed by atoms with Crippen LogP contribution in [0, 0.1) is 0 Å². The van der Waals surface area contributed by atoms with Crippen molar-refractivity contribution in [3.63, 3.8) is 0 Å². The van der Waals surface area contributed by atoms with Gasteiger partial charge in [-0.05, 0) is 0 Å². The summed E-state index contributed by atoms with van der Waals surface area (Å²) in [6.45, 7) is -1.70. The van der Waals surface area contributed by atoms with Crippen molar-refractivity contribution < 1.29 is 27.5 Å². The average Bonchev–Trinajstić information content (AvgIpc) is 2.44. The Labute approximate surface area is 87.9 Å². The second kappa shape index (κ2) is 4.92. The zero-order valence-corrected chi connectivity index (χ0v) is 7.93. The van der Waals surface area contributed by atoms with E-state index in [1.54, 1.807) is 0 Å². The molecule has 1 aliphatic heterocycles. The molecule has 0 saturated carbocycles. The predicted molar refractivity (Wildman–Crippen MR) is 45.5 cm³/mol. The summed E-state index contributed by atoms with van der Waals surface area (Å²) in [5, 5.41) is 4.17. The molecule has 1 heterocycles. The fourth-order valence-electron chi connectivity index (χ4n) is 0.849. The van der Waals surface area contributed by atoms with Crippen LogP contribution in [0.2, 0.25) is 0 Å². The lowest BCUT2D eigenvalue weighted by atomic mass is 10.6. The van der Waals surface area contributed by atoms with Crippen LogP contribution < -0.4 is 10.6 Å². The molecule has 2 amide bonds. The number of carbonyl (C=O) groups is 2. The van der Waals surface area contributed by atoms with Gasteiger partial charge in [-0.25, -0.2) is 0 Å². The van der Waals surface area contributed by atoms with Gasteiger partial charge >= 0.3 is 18.0 Å². The minimum absolute atomic E-state index is 0.0781. The predicted octanol–water partition coefficient (Wildman–Crippen LogP) is -0.833. The van der Waals surface area contributed by atoms with Crippen molar-refractivity contribution in [1.29, 1.82) is 0 Å². The zero-order chi connectivity index (χ0) is 12.2. The highest BCUT2D eigenvalue weighted by molar-refractivity contribution is 6.45. The lowest BCUT2D eigenvalue weighted by molar-refractivity contribution is -0.173. The molecule has 6 nitrogen and oxygen atoms in total. The van der Waals surface area contributed by atoms with E-state index in [0.29, 0.717) is 0 Å². The number of guanidine groups is 1. The normalized spacial score (nSPS) is 16.1. The number of nitrogens with one attached hydrogen (secondary N) is 2. The standard InChI is InChI=1S/C7H8F3N3O3/c8-7(9,10)3-16-2-1-11-6-12-4(14)5(15)13-6/h1-3H2,(H2,11,12,13,14,15). The van der Waals surface area contributed by atoms with Crippen LogP contribution in [-0.2, 0) is 14.3 Å². The molecule has 0 spiro atoms. The molecule has 0 unspecified atom stereocenters. The van der Waals surface area contributed by atoms with Crippen LogP contribution in [0.3, 0.4) is 0 Å². The lowest BCUT2D eigenvalue weighted by Gasteiger charge is -2.05. The summed E-state index contributed by atoms with van der Waals surface area (Å²) in [4.78, 5) is 24.8. The Hall–Kier alpha value is -1.64. The van der Waals surface area contributed by atoms with Gasteiger partial charge in [-0.1, -0.05) is 0 Å². The Bertz CT molecular complexity index is 309. The molecule has 1 fully saturated rings. The largest absolute Gasteiger partial charge is 0.411 e. The van der Waals surface area contributed by atoms with Crippen LogP contribution >= 0.6 is 0 Å². The van der Waals surface area contributed by atoms with Crippen LogP contribution in [0.15, 0.2) is 4.99 Å². The third-order valence-corrected chi connectivity index (χ3v) is 1.44. The number of rotatable bonds is 4. The molecule has 0 radical (unpaired) electrons. The van der Waals surface area contributed by atoms with E-state index < -0.39 is 24.6 Å². The summed E-state index contributed by atoms with van der Waals surface area (Å²) >= 11 is 0. The molecule has 90 valence electrons. The highest BCUT2D eigenvalue weighted by Crippen LogP contribution is 2.13. The van der Waals surface area contributed by atoms with Gasteiger partial charge in [0.1, 0.15) is 6.61 Å². The van der Waals surface area contributed by atoms with Crippen LogP contribution in [0.1, 0.15) is 0 Å². The number of amides is 2. The highest BCUT2D eigenvalue weighted by atomic mass is 19.4. The van der Waals surface area contributed by atoms with Crippen molar-refractivity contribution in [2.24, 2.45) is 4.99 Å². The monoisotopic (exact) mass is 239 g/mol. The topological polar surface area (TPSA) is 79.8 Å². The Morgan fingerprint density at radius 2 is 1.75 bits per heavy atom. The van der Waals surface area contributed by atoms with E-state index in [1.807, 2.05) is 0 Å². The van der Waals surface area contributed by atoms with Crippen molar-refractivity contribution >= 4 is 17.8 Å². The minimum atomic E-state index is -4.37. The van der Waals surface area contributed by atoms with Crippen molar-refractivity contribution in [3.05, 3.63) is 0 Å². The van der Waals surface area contributed by atoms with E-state index in [2.05, 4.69) is 20.4 Å². The van der Waals surface area contributed by atoms with Gasteiger partial charge in [0.25, 0.3) is 0 Å². The third-order valence-electron chi connectivity index (χ3n) is 1.44. The van der Waals surface area contributed by atoms with Gasteiger partial charge in [0, 0.05) is 0 Å². The van der Waals surface area contributed by atoms with E-state index in [1.165, 1.54) is 0 Å². The molecule has 1 aliphatic rings. The fourth-order valence-corrected chi connectivity index (χ4v) is 0.849. The second-order valence-electron chi connectivity index (χ2n) is 2.81. The Kier molecular flexibility index (Phi) is 3.82. The van der Waals surface area contributed by atoms with Gasteiger partial charge in [-0.15, -0.1) is 0 Å². The number of hydrogen-bond acceptors (Lipinski definition) is 4. The zero-order valence-electron chi connectivity index (χ0n) is 7.93. The SMILES string of the molecule is O=C1NC(=NCCOCC(F)(F)F)NC1=O. The number of halogens is 3. The van der Waals surface area contributed by atoms with E-state index in [0.717, 1.165) is 0 Å². The summed E-state index contributed by atoms with van der Waals surface area (Å²) < 4.78 is 39.1. The molecule has 9 heteroatoms. The van der Waals surface area contributed by atoms with E-state index in [9.17, 15) is 22.8 Å². The van der Waals surface area contributed by atoms with Crippen LogP contribution in [0.4, 0.5) is 13.2 Å². The van der Waals surface area contributed by atoms with Crippen LogP contribution in [0.25, 0.3) is 0 Å². The van der Waals surface area contributed by atoms with Gasteiger partial charge < -0.3 is 4.74 Å². The number of alkyl halides is 3. The summed E-state index contributed by atoms with van der Waals surface area (Å²) in [5.41, 5.74) is 0. The third kappa shape index (κ3) is 4.26. The highest BCUT2D eigenvalue weighted by Gasteiger charge is 2.27. The molecule has 0 atom stereocenters. The fraction of sp³-hybridized carbons (Fsp3) is 0.571. The van der Waals surface area contributed by atoms with E-state index >= 15 is 0 Å². The first kappa shape index (κ1) is 12.4. The summed E-state index contributed by atoms with van der Waals surface area (Å²) in [7, 11) is 0. The molecule has 0 aromatic rings. The summed E-state index contributed by atoms with van der Waals surface area (Å²) in [6, 6.07) is 0. The van der Waals surface area contributed by atoms with Crippen molar-refractivity contribution in [1.82, 2.24) is 10.6 Å². The van der Waals surface area contributed by atoms with Crippen molar-refractivity contribution in [2.75, 3.05) is 19.8 Å². The average molecular weight is 239 g/mol. The first-order valence-electron chi connectivity index (χ1n) is 4.20. The summed E-state index contributed by atoms with van der Waals surface area (Å²) in [5.74, 6) is -1.78. The number of aliphatic imine (C=N–C) groups is 1. The molecule has 2 N–H and O–H groups in total. The van der Waals surface area contributed by atoms with Gasteiger partial charge in [0.15, 0.2) is 0 Å². The lowest BCUT2D eigenvalue weighted by Crippen LogP contribution is -2.26. The molecule has 16 heavy (non-hydrogen) atoms. The number of carbonyl (C=O) groups excluding carboxylic acids is 2. The van der Waals surface area contributed by atoms with Gasteiger partial charge in [-0.2, -0.15) is 13.2 Å². The minimum Gasteiger partial charge on any atom is -0.370 e. The number of nitrogens with zero attached hydrogens (tertiary/aromatic N) is 1. The first-order chi connectivity index (χ1) is 7.38. The molecular weight excluding hydrogens is 231 g/mol. The Balaban J connectivity index is 2.19. The van der Waals surface area contributed by atoms with Crippen molar-refractivity contribution in [2.45, 2.75) is 6.18 Å². The van der Waals surface area contributed by atoms with Gasteiger partial charge in [0.2, 0.25) is 5.96 Å². The maximum Gasteiger partial charge on any atom is 0.411 e. The molecule has 0 aromatic carbocycles. The Morgan fingerprint density at radius 3 is 2.25 bits per heavy atom. The maximum absolute atomic E-state index is 11.6. The van der Waals surface area contributed by atoms with E-state index in [4.69, 9.17) is 0 Å². The first-order valence-corrected chi connectivity index (χ1v) is 4.20. The number of hydrogen-bond donors (Lipinski definition) is 2. The van der Waals surface area contributed by atoms with Gasteiger partial charge in [0.05, 0.1) is 13.2 Å². The summed E-state index contributed by atoms with van der Waals surface area (Å²) in [6.07, 6.45) is -4.37. The molecule has 1 rings (SSSR count). The maximum atomic E-state index is 11.6. The molecule has 0 bridgehead atoms. The number of ether oxygens (including phenoxy) is 1. The second-order valence-corrected chi connectivity index (χ2v) is 2.81. The quantitative estimate of drug-likeness (QED) is 0.496. The molecule has 0 aliphatic carbocycles. The molecule has 1 saturated heterocycles. The van der Waals surface area contributed by atoms with Crippen LogP contribution in [0.5, 0.6) is 0 Å². The molecular formula is C7H8F3N3O3. The van der Waals surface area contributed by atoms with Crippen molar-refractivity contribution in [3.8, 4) is 0 Å². The Morgan fingerprint density at radius 1 is 1.19 bits per heavy atom. The van der Waals surface area contributed by atoms with E-state index in [-0.39, 0.29) is 19.1 Å². The molecule has 0 aromatic heterocycles.